The summed E-state index contributed by atoms with van der Waals surface area (Å²) in [6.07, 6.45) is 0. The standard InChI is InChI=1S/C12H8Br2N2O3S/c13-10-5-4-7(20-10)6-15-12(17)8-2-1-3-9(11(8)14)16(18)19/h1-5H,6H2,(H,15,17). The van der Waals surface area contributed by atoms with Gasteiger partial charge in [0, 0.05) is 10.9 Å². The maximum atomic E-state index is 12.0. The quantitative estimate of drug-likeness (QED) is 0.598. The monoisotopic (exact) mass is 418 g/mol. The van der Waals surface area contributed by atoms with Gasteiger partial charge in [0.05, 0.1) is 20.8 Å². The third-order valence-corrected chi connectivity index (χ3v) is 4.93. The molecule has 1 amide bonds. The summed E-state index contributed by atoms with van der Waals surface area (Å²) in [5.41, 5.74) is 0.117. The molecule has 0 saturated carbocycles. The lowest BCUT2D eigenvalue weighted by molar-refractivity contribution is -0.385. The van der Waals surface area contributed by atoms with Gasteiger partial charge in [0.1, 0.15) is 4.47 Å². The molecule has 0 saturated heterocycles. The Morgan fingerprint density at radius 2 is 2.05 bits per heavy atom. The first-order valence-corrected chi connectivity index (χ1v) is 7.84. The lowest BCUT2D eigenvalue weighted by Crippen LogP contribution is -2.22. The van der Waals surface area contributed by atoms with Gasteiger partial charge in [-0.2, -0.15) is 0 Å². The van der Waals surface area contributed by atoms with Gasteiger partial charge in [-0.3, -0.25) is 14.9 Å². The van der Waals surface area contributed by atoms with Crippen LogP contribution in [-0.4, -0.2) is 10.8 Å². The van der Waals surface area contributed by atoms with Crippen LogP contribution in [0.5, 0.6) is 0 Å². The number of halogens is 2. The summed E-state index contributed by atoms with van der Waals surface area (Å²) in [5.74, 6) is -0.356. The summed E-state index contributed by atoms with van der Waals surface area (Å²) in [6.45, 7) is 0.379. The van der Waals surface area contributed by atoms with Gasteiger partial charge in [-0.15, -0.1) is 11.3 Å². The molecule has 0 spiro atoms. The molecule has 1 aromatic carbocycles. The van der Waals surface area contributed by atoms with Gasteiger partial charge in [0.25, 0.3) is 11.6 Å². The second-order valence-corrected chi connectivity index (χ2v) is 7.12. The predicted octanol–water partition coefficient (Wildman–Crippen LogP) is 4.11. The molecule has 104 valence electrons. The minimum Gasteiger partial charge on any atom is -0.347 e. The second kappa shape index (κ2) is 6.47. The molecule has 0 unspecified atom stereocenters. The fraction of sp³-hybridized carbons (Fsp3) is 0.0833. The van der Waals surface area contributed by atoms with Crippen molar-refractivity contribution in [2.45, 2.75) is 6.54 Å². The van der Waals surface area contributed by atoms with Gasteiger partial charge in [0.2, 0.25) is 0 Å². The van der Waals surface area contributed by atoms with Crippen molar-refractivity contribution in [1.82, 2.24) is 5.32 Å². The number of thiophene rings is 1. The van der Waals surface area contributed by atoms with Crippen LogP contribution in [-0.2, 0) is 6.54 Å². The zero-order valence-electron chi connectivity index (χ0n) is 9.93. The number of nitro groups is 1. The van der Waals surface area contributed by atoms with Crippen LogP contribution in [0.1, 0.15) is 15.2 Å². The molecule has 0 aliphatic carbocycles. The number of hydrogen-bond donors (Lipinski definition) is 1. The molecule has 0 radical (unpaired) electrons. The molecule has 1 heterocycles. The molecule has 8 heteroatoms. The summed E-state index contributed by atoms with van der Waals surface area (Å²) >= 11 is 7.97. The molecule has 0 atom stereocenters. The highest BCUT2D eigenvalue weighted by Gasteiger charge is 2.19. The highest BCUT2D eigenvalue weighted by Crippen LogP contribution is 2.28. The average molecular weight is 420 g/mol. The number of carbonyl (C=O) groups is 1. The molecule has 0 fully saturated rings. The van der Waals surface area contributed by atoms with Gasteiger partial charge in [-0.25, -0.2) is 0 Å². The Bertz CT molecular complexity index is 672. The van der Waals surface area contributed by atoms with E-state index in [0.717, 1.165) is 8.66 Å². The number of carbonyl (C=O) groups excluding carboxylic acids is 1. The van der Waals surface area contributed by atoms with E-state index in [9.17, 15) is 14.9 Å². The third-order valence-electron chi connectivity index (χ3n) is 2.47. The second-order valence-electron chi connectivity index (χ2n) is 3.78. The van der Waals surface area contributed by atoms with Crippen molar-refractivity contribution < 1.29 is 9.72 Å². The normalized spacial score (nSPS) is 10.3. The van der Waals surface area contributed by atoms with Crippen molar-refractivity contribution in [1.29, 1.82) is 0 Å². The van der Waals surface area contributed by atoms with Crippen molar-refractivity contribution in [3.05, 3.63) is 59.1 Å². The van der Waals surface area contributed by atoms with Crippen LogP contribution in [0.3, 0.4) is 0 Å². The van der Waals surface area contributed by atoms with E-state index in [2.05, 4.69) is 37.2 Å². The van der Waals surface area contributed by atoms with E-state index in [0.29, 0.717) is 6.54 Å². The number of nitro benzene ring substituents is 1. The van der Waals surface area contributed by atoms with Crippen LogP contribution in [0, 0.1) is 10.1 Å². The smallest absolute Gasteiger partial charge is 0.284 e. The first kappa shape index (κ1) is 15.1. The molecular weight excluding hydrogens is 412 g/mol. The van der Waals surface area contributed by atoms with Crippen LogP contribution < -0.4 is 5.32 Å². The van der Waals surface area contributed by atoms with Crippen molar-refractivity contribution >= 4 is 54.8 Å². The zero-order chi connectivity index (χ0) is 14.7. The SMILES string of the molecule is O=C(NCc1ccc(Br)s1)c1cccc([N+](=O)[O-])c1Br. The first-order valence-electron chi connectivity index (χ1n) is 5.44. The average Bonchev–Trinajstić information content (AvgIpc) is 2.81. The number of rotatable bonds is 4. The van der Waals surface area contributed by atoms with Crippen LogP contribution in [0.2, 0.25) is 0 Å². The highest BCUT2D eigenvalue weighted by atomic mass is 79.9. The van der Waals surface area contributed by atoms with Crippen LogP contribution in [0.15, 0.2) is 38.6 Å². The number of amides is 1. The van der Waals surface area contributed by atoms with Crippen LogP contribution in [0.25, 0.3) is 0 Å². The summed E-state index contributed by atoms with van der Waals surface area (Å²) in [7, 11) is 0. The number of nitrogens with one attached hydrogen (secondary N) is 1. The van der Waals surface area contributed by atoms with E-state index in [1.807, 2.05) is 12.1 Å². The number of benzene rings is 1. The van der Waals surface area contributed by atoms with Crippen LogP contribution >= 0.6 is 43.2 Å². The number of hydrogen-bond acceptors (Lipinski definition) is 4. The lowest BCUT2D eigenvalue weighted by Gasteiger charge is -2.06. The molecule has 0 aliphatic rings. The molecule has 20 heavy (non-hydrogen) atoms. The van der Waals surface area contributed by atoms with E-state index in [1.54, 1.807) is 0 Å². The molecule has 0 bridgehead atoms. The Balaban J connectivity index is 2.13. The summed E-state index contributed by atoms with van der Waals surface area (Å²) in [4.78, 5) is 23.3. The summed E-state index contributed by atoms with van der Waals surface area (Å²) < 4.78 is 1.17. The van der Waals surface area contributed by atoms with Gasteiger partial charge >= 0.3 is 0 Å². The van der Waals surface area contributed by atoms with Crippen LogP contribution in [0.4, 0.5) is 5.69 Å². The summed E-state index contributed by atoms with van der Waals surface area (Å²) in [5, 5.41) is 13.6. The largest absolute Gasteiger partial charge is 0.347 e. The molecule has 2 rings (SSSR count). The predicted molar refractivity (Wildman–Crippen MR) is 84.0 cm³/mol. The molecule has 2 aromatic rings. The Kier molecular flexibility index (Phi) is 4.90. The maximum absolute atomic E-state index is 12.0. The fourth-order valence-electron chi connectivity index (χ4n) is 1.55. The van der Waals surface area contributed by atoms with E-state index in [-0.39, 0.29) is 21.6 Å². The third kappa shape index (κ3) is 3.44. The zero-order valence-corrected chi connectivity index (χ0v) is 13.9. The van der Waals surface area contributed by atoms with E-state index < -0.39 is 4.92 Å². The number of nitrogens with zero attached hydrogens (tertiary/aromatic N) is 1. The van der Waals surface area contributed by atoms with Gasteiger partial charge < -0.3 is 5.32 Å². The van der Waals surface area contributed by atoms with Gasteiger partial charge in [-0.05, 0) is 50.1 Å². The van der Waals surface area contributed by atoms with E-state index in [4.69, 9.17) is 0 Å². The van der Waals surface area contributed by atoms with E-state index in [1.165, 1.54) is 29.5 Å². The van der Waals surface area contributed by atoms with Crippen molar-refractivity contribution in [3.8, 4) is 0 Å². The maximum Gasteiger partial charge on any atom is 0.284 e. The Labute approximate surface area is 135 Å². The van der Waals surface area contributed by atoms with Crippen molar-refractivity contribution in [2.24, 2.45) is 0 Å². The molecule has 5 nitrogen and oxygen atoms in total. The highest BCUT2D eigenvalue weighted by molar-refractivity contribution is 9.11. The summed E-state index contributed by atoms with van der Waals surface area (Å²) in [6, 6.07) is 8.17. The van der Waals surface area contributed by atoms with Crippen molar-refractivity contribution in [3.63, 3.8) is 0 Å². The van der Waals surface area contributed by atoms with E-state index >= 15 is 0 Å². The Morgan fingerprint density at radius 1 is 1.30 bits per heavy atom. The Hall–Kier alpha value is -1.25. The Morgan fingerprint density at radius 3 is 2.65 bits per heavy atom. The molecule has 1 N–H and O–H groups in total. The minimum absolute atomic E-state index is 0.128. The lowest BCUT2D eigenvalue weighted by atomic mass is 10.2. The van der Waals surface area contributed by atoms with Gasteiger partial charge in [0.15, 0.2) is 0 Å². The topological polar surface area (TPSA) is 72.2 Å². The van der Waals surface area contributed by atoms with Crippen molar-refractivity contribution in [2.75, 3.05) is 0 Å². The molecular formula is C12H8Br2N2O3S. The fourth-order valence-corrected chi connectivity index (χ4v) is 3.56. The minimum atomic E-state index is -0.531. The van der Waals surface area contributed by atoms with Gasteiger partial charge in [-0.1, -0.05) is 6.07 Å². The molecule has 1 aromatic heterocycles. The molecule has 0 aliphatic heterocycles. The first-order chi connectivity index (χ1) is 9.49.